The van der Waals surface area contributed by atoms with Gasteiger partial charge in [-0.15, -0.1) is 0 Å². The molecule has 2 aromatic carbocycles. The average molecular weight is 293 g/mol. The van der Waals surface area contributed by atoms with Crippen molar-refractivity contribution in [3.8, 4) is 5.75 Å². The van der Waals surface area contributed by atoms with Crippen LogP contribution in [0.1, 0.15) is 10.4 Å². The zero-order chi connectivity index (χ0) is 14.6. The number of carboxylic acids is 1. The van der Waals surface area contributed by atoms with Gasteiger partial charge in [0.2, 0.25) is 0 Å². The Bertz CT molecular complexity index is 642. The minimum atomic E-state index is -4.07. The molecule has 0 bridgehead atoms. The SMILES string of the molecule is O=C(O)c1ccc(NP(=O)(O)Oc2ccccc2)cc1. The molecule has 3 N–H and O–H groups in total. The minimum Gasteiger partial charge on any atom is -0.478 e. The average Bonchev–Trinajstić information content (AvgIpc) is 2.39. The molecule has 0 amide bonds. The maximum atomic E-state index is 11.9. The summed E-state index contributed by atoms with van der Waals surface area (Å²) in [5.74, 6) is -0.808. The molecule has 2 rings (SSSR count). The molecule has 104 valence electrons. The van der Waals surface area contributed by atoms with Gasteiger partial charge in [0.05, 0.1) is 5.56 Å². The van der Waals surface area contributed by atoms with Crippen molar-refractivity contribution < 1.29 is 23.9 Å². The van der Waals surface area contributed by atoms with Gasteiger partial charge in [0.15, 0.2) is 0 Å². The van der Waals surface area contributed by atoms with Crippen molar-refractivity contribution in [2.75, 3.05) is 5.09 Å². The number of benzene rings is 2. The van der Waals surface area contributed by atoms with Crippen molar-refractivity contribution in [1.82, 2.24) is 0 Å². The standard InChI is InChI=1S/C13H12NO5P/c15-13(16)10-6-8-11(9-7-10)14-20(17,18)19-12-4-2-1-3-5-12/h1-9H,(H,15,16)(H2,14,17,18). The topological polar surface area (TPSA) is 95.9 Å². The molecule has 20 heavy (non-hydrogen) atoms. The highest BCUT2D eigenvalue weighted by atomic mass is 31.2. The first-order valence-electron chi connectivity index (χ1n) is 5.65. The molecule has 1 atom stereocenters. The molecule has 0 aromatic heterocycles. The van der Waals surface area contributed by atoms with Crippen molar-refractivity contribution in [3.05, 3.63) is 60.2 Å². The van der Waals surface area contributed by atoms with Gasteiger partial charge in [-0.2, -0.15) is 0 Å². The first kappa shape index (κ1) is 14.1. The summed E-state index contributed by atoms with van der Waals surface area (Å²) in [5.41, 5.74) is 0.379. The molecule has 7 heteroatoms. The lowest BCUT2D eigenvalue weighted by Crippen LogP contribution is -2.03. The van der Waals surface area contributed by atoms with Crippen molar-refractivity contribution in [2.45, 2.75) is 0 Å². The third-order valence-electron chi connectivity index (χ3n) is 2.37. The second-order valence-corrected chi connectivity index (χ2v) is 5.37. The number of para-hydroxylation sites is 1. The van der Waals surface area contributed by atoms with Gasteiger partial charge in [-0.1, -0.05) is 18.2 Å². The summed E-state index contributed by atoms with van der Waals surface area (Å²) in [6, 6.07) is 13.7. The van der Waals surface area contributed by atoms with E-state index >= 15 is 0 Å². The van der Waals surface area contributed by atoms with E-state index in [1.807, 2.05) is 0 Å². The molecule has 0 heterocycles. The predicted molar refractivity (Wildman–Crippen MR) is 73.9 cm³/mol. The smallest absolute Gasteiger partial charge is 0.478 e. The van der Waals surface area contributed by atoms with Gasteiger partial charge in [-0.25, -0.2) is 9.36 Å². The molecule has 0 spiro atoms. The van der Waals surface area contributed by atoms with E-state index in [0.717, 1.165) is 0 Å². The van der Waals surface area contributed by atoms with Gasteiger partial charge < -0.3 is 9.63 Å². The van der Waals surface area contributed by atoms with Crippen LogP contribution in [0.2, 0.25) is 0 Å². The number of carbonyl (C=O) groups is 1. The van der Waals surface area contributed by atoms with Crippen LogP contribution in [0.3, 0.4) is 0 Å². The summed E-state index contributed by atoms with van der Waals surface area (Å²) in [4.78, 5) is 20.4. The molecule has 0 aliphatic heterocycles. The lowest BCUT2D eigenvalue weighted by Gasteiger charge is -2.15. The molecular weight excluding hydrogens is 281 g/mol. The zero-order valence-electron chi connectivity index (χ0n) is 10.3. The molecule has 0 aliphatic carbocycles. The van der Waals surface area contributed by atoms with Crippen molar-refractivity contribution >= 4 is 19.4 Å². The number of hydrogen-bond acceptors (Lipinski definition) is 3. The van der Waals surface area contributed by atoms with E-state index in [1.54, 1.807) is 30.3 Å². The summed E-state index contributed by atoms with van der Waals surface area (Å²) in [6.45, 7) is 0. The molecule has 6 nitrogen and oxygen atoms in total. The Morgan fingerprint density at radius 2 is 1.65 bits per heavy atom. The highest BCUT2D eigenvalue weighted by Crippen LogP contribution is 2.42. The number of nitrogens with one attached hydrogen (secondary N) is 1. The predicted octanol–water partition coefficient (Wildman–Crippen LogP) is 2.98. The van der Waals surface area contributed by atoms with Crippen LogP contribution in [0.5, 0.6) is 5.75 Å². The zero-order valence-corrected chi connectivity index (χ0v) is 11.2. The second kappa shape index (κ2) is 5.77. The Balaban J connectivity index is 2.08. The summed E-state index contributed by atoms with van der Waals surface area (Å²) >= 11 is 0. The van der Waals surface area contributed by atoms with Gasteiger partial charge >= 0.3 is 13.7 Å². The third kappa shape index (κ3) is 3.85. The Morgan fingerprint density at radius 1 is 1.05 bits per heavy atom. The van der Waals surface area contributed by atoms with Gasteiger partial charge in [0, 0.05) is 5.69 Å². The minimum absolute atomic E-state index is 0.0901. The Hall–Kier alpha value is -2.30. The second-order valence-electron chi connectivity index (χ2n) is 3.92. The maximum absolute atomic E-state index is 11.9. The van der Waals surface area contributed by atoms with E-state index in [4.69, 9.17) is 9.63 Å². The fourth-order valence-electron chi connectivity index (χ4n) is 1.50. The van der Waals surface area contributed by atoms with Crippen molar-refractivity contribution in [3.63, 3.8) is 0 Å². The molecule has 0 aliphatic rings. The first-order chi connectivity index (χ1) is 9.46. The molecule has 1 unspecified atom stereocenters. The van der Waals surface area contributed by atoms with Gasteiger partial charge in [0.1, 0.15) is 5.75 Å². The van der Waals surface area contributed by atoms with Crippen molar-refractivity contribution in [2.24, 2.45) is 0 Å². The number of anilines is 1. The fourth-order valence-corrected chi connectivity index (χ4v) is 2.43. The van der Waals surface area contributed by atoms with E-state index in [2.05, 4.69) is 5.09 Å². The van der Waals surface area contributed by atoms with Crippen LogP contribution in [0, 0.1) is 0 Å². The molecule has 2 aromatic rings. The summed E-state index contributed by atoms with van der Waals surface area (Å²) < 4.78 is 16.8. The summed E-state index contributed by atoms with van der Waals surface area (Å²) in [6.07, 6.45) is 0. The third-order valence-corrected chi connectivity index (χ3v) is 3.37. The lowest BCUT2D eigenvalue weighted by molar-refractivity contribution is 0.0697. The lowest BCUT2D eigenvalue weighted by atomic mass is 10.2. The largest absolute Gasteiger partial charge is 0.483 e. The maximum Gasteiger partial charge on any atom is 0.483 e. The van der Waals surface area contributed by atoms with Crippen LogP contribution in [0.25, 0.3) is 0 Å². The van der Waals surface area contributed by atoms with Gasteiger partial charge in [-0.3, -0.25) is 9.98 Å². The van der Waals surface area contributed by atoms with E-state index < -0.39 is 13.7 Å². The summed E-state index contributed by atoms with van der Waals surface area (Å²) in [5, 5.41) is 11.1. The van der Waals surface area contributed by atoms with Crippen LogP contribution in [0.15, 0.2) is 54.6 Å². The van der Waals surface area contributed by atoms with Crippen LogP contribution in [0.4, 0.5) is 5.69 Å². The van der Waals surface area contributed by atoms with Gasteiger partial charge in [0.25, 0.3) is 0 Å². The highest BCUT2D eigenvalue weighted by molar-refractivity contribution is 7.54. The Kier molecular flexibility index (Phi) is 4.08. The molecule has 0 radical (unpaired) electrons. The summed E-state index contributed by atoms with van der Waals surface area (Å²) in [7, 11) is -4.07. The fraction of sp³-hybridized carbons (Fsp3) is 0. The van der Waals surface area contributed by atoms with E-state index in [0.29, 0.717) is 0 Å². The first-order valence-corrected chi connectivity index (χ1v) is 7.23. The quantitative estimate of drug-likeness (QED) is 0.733. The van der Waals surface area contributed by atoms with Crippen LogP contribution < -0.4 is 9.61 Å². The normalized spacial score (nSPS) is 13.2. The van der Waals surface area contributed by atoms with E-state index in [9.17, 15) is 14.3 Å². The molecule has 0 saturated carbocycles. The molecule has 0 fully saturated rings. The number of rotatable bonds is 5. The Labute approximate surface area is 115 Å². The van der Waals surface area contributed by atoms with Crippen molar-refractivity contribution in [1.29, 1.82) is 0 Å². The van der Waals surface area contributed by atoms with Crippen LogP contribution in [-0.4, -0.2) is 16.0 Å². The van der Waals surface area contributed by atoms with Crippen LogP contribution >= 0.6 is 7.75 Å². The van der Waals surface area contributed by atoms with E-state index in [1.165, 1.54) is 24.3 Å². The number of aromatic carboxylic acids is 1. The van der Waals surface area contributed by atoms with E-state index in [-0.39, 0.29) is 17.0 Å². The molecule has 0 saturated heterocycles. The number of hydrogen-bond donors (Lipinski definition) is 3. The Morgan fingerprint density at radius 3 is 2.20 bits per heavy atom. The molecular formula is C13H12NO5P. The highest BCUT2D eigenvalue weighted by Gasteiger charge is 2.21. The van der Waals surface area contributed by atoms with Crippen LogP contribution in [-0.2, 0) is 4.57 Å². The number of carboxylic acid groups (broad SMARTS) is 1. The monoisotopic (exact) mass is 293 g/mol. The van der Waals surface area contributed by atoms with Gasteiger partial charge in [-0.05, 0) is 36.4 Å².